The predicted octanol–water partition coefficient (Wildman–Crippen LogP) is 6.25. The molecule has 3 nitrogen and oxygen atoms in total. The highest BCUT2D eigenvalue weighted by atomic mass is 19.1. The van der Waals surface area contributed by atoms with Gasteiger partial charge in [0.15, 0.2) is 0 Å². The van der Waals surface area contributed by atoms with Crippen molar-refractivity contribution >= 4 is 11.6 Å². The van der Waals surface area contributed by atoms with Crippen molar-refractivity contribution in [1.29, 1.82) is 0 Å². The minimum Gasteiger partial charge on any atom is -0.322 e. The molecule has 0 unspecified atom stereocenters. The zero-order valence-corrected chi connectivity index (χ0v) is 16.2. The van der Waals surface area contributed by atoms with E-state index >= 15 is 0 Å². The lowest BCUT2D eigenvalue weighted by Crippen LogP contribution is -2.15. The van der Waals surface area contributed by atoms with Crippen LogP contribution in [-0.4, -0.2) is 10.9 Å². The Kier molecular flexibility index (Phi) is 5.35. The molecule has 5 heteroatoms. The Balaban J connectivity index is 1.59. The smallest absolute Gasteiger partial charge is 0.261 e. The summed E-state index contributed by atoms with van der Waals surface area (Å²) in [5.41, 5.74) is 5.14. The second-order valence-corrected chi connectivity index (χ2v) is 6.89. The molecule has 0 saturated heterocycles. The SMILES string of the molecule is Cc1ccc(-c2ccncc2)cc1-c1ccc(NC(=O)c2c(F)cccc2F)cc1. The van der Waals surface area contributed by atoms with Gasteiger partial charge in [0.1, 0.15) is 17.2 Å². The molecule has 4 aromatic rings. The van der Waals surface area contributed by atoms with E-state index in [0.717, 1.165) is 39.9 Å². The Hall–Kier alpha value is -3.86. The summed E-state index contributed by atoms with van der Waals surface area (Å²) in [5, 5.41) is 2.54. The molecule has 0 aliphatic heterocycles. The molecule has 0 aliphatic rings. The number of nitrogens with zero attached hydrogens (tertiary/aromatic N) is 1. The monoisotopic (exact) mass is 400 g/mol. The largest absolute Gasteiger partial charge is 0.322 e. The fourth-order valence-electron chi connectivity index (χ4n) is 3.30. The van der Waals surface area contributed by atoms with Gasteiger partial charge in [-0.25, -0.2) is 8.78 Å². The maximum atomic E-state index is 13.8. The van der Waals surface area contributed by atoms with E-state index in [2.05, 4.69) is 28.5 Å². The molecule has 0 fully saturated rings. The van der Waals surface area contributed by atoms with E-state index in [1.165, 1.54) is 6.07 Å². The summed E-state index contributed by atoms with van der Waals surface area (Å²) in [6.45, 7) is 2.03. The number of aromatic nitrogens is 1. The Morgan fingerprint density at radius 3 is 2.10 bits per heavy atom. The Labute approximate surface area is 173 Å². The van der Waals surface area contributed by atoms with Crippen LogP contribution in [0.25, 0.3) is 22.3 Å². The number of amides is 1. The van der Waals surface area contributed by atoms with Crippen molar-refractivity contribution in [2.45, 2.75) is 6.92 Å². The van der Waals surface area contributed by atoms with Gasteiger partial charge >= 0.3 is 0 Å². The average molecular weight is 400 g/mol. The van der Waals surface area contributed by atoms with Crippen molar-refractivity contribution in [3.63, 3.8) is 0 Å². The van der Waals surface area contributed by atoms with E-state index in [1.54, 1.807) is 24.5 Å². The molecule has 1 amide bonds. The molecule has 4 rings (SSSR count). The van der Waals surface area contributed by atoms with Crippen LogP contribution in [0.15, 0.2) is 85.2 Å². The number of rotatable bonds is 4. The maximum absolute atomic E-state index is 13.8. The number of halogens is 2. The van der Waals surface area contributed by atoms with Gasteiger partial charge in [-0.15, -0.1) is 0 Å². The number of benzene rings is 3. The van der Waals surface area contributed by atoms with Gasteiger partial charge in [-0.2, -0.15) is 0 Å². The first kappa shape index (κ1) is 19.5. The molecular formula is C25H18F2N2O. The van der Waals surface area contributed by atoms with E-state index < -0.39 is 23.1 Å². The second kappa shape index (κ2) is 8.25. The van der Waals surface area contributed by atoms with Gasteiger partial charge in [0, 0.05) is 18.1 Å². The van der Waals surface area contributed by atoms with E-state index in [9.17, 15) is 13.6 Å². The number of nitrogens with one attached hydrogen (secondary N) is 1. The van der Waals surface area contributed by atoms with Crippen LogP contribution in [0, 0.1) is 18.6 Å². The molecule has 0 radical (unpaired) electrons. The Morgan fingerprint density at radius 2 is 1.43 bits per heavy atom. The molecule has 0 bridgehead atoms. The Morgan fingerprint density at radius 1 is 0.800 bits per heavy atom. The van der Waals surface area contributed by atoms with Gasteiger partial charge in [0.05, 0.1) is 0 Å². The van der Waals surface area contributed by atoms with Crippen LogP contribution in [0.5, 0.6) is 0 Å². The lowest BCUT2D eigenvalue weighted by atomic mass is 9.95. The second-order valence-electron chi connectivity index (χ2n) is 6.89. The maximum Gasteiger partial charge on any atom is 0.261 e. The van der Waals surface area contributed by atoms with Gasteiger partial charge < -0.3 is 5.32 Å². The van der Waals surface area contributed by atoms with Crippen LogP contribution in [0.2, 0.25) is 0 Å². The average Bonchev–Trinajstić information content (AvgIpc) is 2.75. The van der Waals surface area contributed by atoms with E-state index in [-0.39, 0.29) is 0 Å². The Bertz CT molecular complexity index is 1190. The highest BCUT2D eigenvalue weighted by Crippen LogP contribution is 2.30. The predicted molar refractivity (Wildman–Crippen MR) is 114 cm³/mol. The van der Waals surface area contributed by atoms with Crippen molar-refractivity contribution < 1.29 is 13.6 Å². The quantitative estimate of drug-likeness (QED) is 0.440. The van der Waals surface area contributed by atoms with Crippen molar-refractivity contribution in [2.75, 3.05) is 5.32 Å². The van der Waals surface area contributed by atoms with Crippen LogP contribution in [-0.2, 0) is 0 Å². The zero-order chi connectivity index (χ0) is 21.1. The van der Waals surface area contributed by atoms with Crippen LogP contribution in [0.3, 0.4) is 0 Å². The molecule has 1 aromatic heterocycles. The number of pyridine rings is 1. The standard InChI is InChI=1S/C25H18F2N2O/c1-16-5-6-19(17-11-13-28-14-12-17)15-21(16)18-7-9-20(10-8-18)29-25(30)24-22(26)3-2-4-23(24)27/h2-15H,1H3,(H,29,30). The van der Waals surface area contributed by atoms with Gasteiger partial charge in [-0.3, -0.25) is 9.78 Å². The minimum absolute atomic E-state index is 0.453. The molecule has 0 atom stereocenters. The van der Waals surface area contributed by atoms with E-state index in [1.807, 2.05) is 31.2 Å². The highest BCUT2D eigenvalue weighted by Gasteiger charge is 2.17. The van der Waals surface area contributed by atoms with Gasteiger partial charge in [-0.05, 0) is 77.2 Å². The summed E-state index contributed by atoms with van der Waals surface area (Å²) in [4.78, 5) is 16.3. The minimum atomic E-state index is -0.896. The molecule has 0 spiro atoms. The summed E-state index contributed by atoms with van der Waals surface area (Å²) < 4.78 is 27.6. The van der Waals surface area contributed by atoms with Crippen molar-refractivity contribution in [1.82, 2.24) is 4.98 Å². The first-order valence-electron chi connectivity index (χ1n) is 9.40. The fraction of sp³-hybridized carbons (Fsp3) is 0.0400. The van der Waals surface area contributed by atoms with Crippen molar-refractivity contribution in [2.24, 2.45) is 0 Å². The van der Waals surface area contributed by atoms with Crippen molar-refractivity contribution in [3.8, 4) is 22.3 Å². The number of aryl methyl sites for hydroxylation is 1. The first-order valence-corrected chi connectivity index (χ1v) is 9.40. The van der Waals surface area contributed by atoms with E-state index in [4.69, 9.17) is 0 Å². The number of hydrogen-bond donors (Lipinski definition) is 1. The number of carbonyl (C=O) groups excluding carboxylic acids is 1. The highest BCUT2D eigenvalue weighted by molar-refractivity contribution is 6.04. The lowest BCUT2D eigenvalue weighted by molar-refractivity contribution is 0.101. The molecule has 1 heterocycles. The third-order valence-corrected chi connectivity index (χ3v) is 4.89. The van der Waals surface area contributed by atoms with Crippen LogP contribution in [0.1, 0.15) is 15.9 Å². The molecule has 1 N–H and O–H groups in total. The van der Waals surface area contributed by atoms with Crippen LogP contribution >= 0.6 is 0 Å². The van der Waals surface area contributed by atoms with Crippen LogP contribution < -0.4 is 5.32 Å². The topological polar surface area (TPSA) is 42.0 Å². The summed E-state index contributed by atoms with van der Waals surface area (Å²) in [6, 6.07) is 20.6. The van der Waals surface area contributed by atoms with Gasteiger partial charge in [0.25, 0.3) is 5.91 Å². The third kappa shape index (κ3) is 3.96. The molecular weight excluding hydrogens is 382 g/mol. The molecule has 0 saturated carbocycles. The molecule has 148 valence electrons. The third-order valence-electron chi connectivity index (χ3n) is 4.89. The van der Waals surface area contributed by atoms with Crippen molar-refractivity contribution in [3.05, 3.63) is 108 Å². The first-order chi connectivity index (χ1) is 14.5. The molecule has 0 aliphatic carbocycles. The number of anilines is 1. The molecule has 3 aromatic carbocycles. The van der Waals surface area contributed by atoms with Gasteiger partial charge in [0.2, 0.25) is 0 Å². The number of carbonyl (C=O) groups is 1. The zero-order valence-electron chi connectivity index (χ0n) is 16.2. The summed E-state index contributed by atoms with van der Waals surface area (Å²) >= 11 is 0. The summed E-state index contributed by atoms with van der Waals surface area (Å²) in [6.07, 6.45) is 3.51. The summed E-state index contributed by atoms with van der Waals surface area (Å²) in [5.74, 6) is -2.62. The normalized spacial score (nSPS) is 10.6. The van der Waals surface area contributed by atoms with Gasteiger partial charge in [-0.1, -0.05) is 30.3 Å². The van der Waals surface area contributed by atoms with E-state index in [0.29, 0.717) is 5.69 Å². The molecule has 30 heavy (non-hydrogen) atoms. The lowest BCUT2D eigenvalue weighted by Gasteiger charge is -2.11. The number of hydrogen-bond acceptors (Lipinski definition) is 2. The summed E-state index contributed by atoms with van der Waals surface area (Å²) in [7, 11) is 0. The van der Waals surface area contributed by atoms with Crippen LogP contribution in [0.4, 0.5) is 14.5 Å². The fourth-order valence-corrected chi connectivity index (χ4v) is 3.30.